The number of rotatable bonds is 2. The summed E-state index contributed by atoms with van der Waals surface area (Å²) in [4.78, 5) is 0. The first-order chi connectivity index (χ1) is 8.33. The molecule has 0 N–H and O–H groups in total. The lowest BCUT2D eigenvalue weighted by Gasteiger charge is -2.21. The zero-order chi connectivity index (χ0) is 12.1. The molecular formula is C16H21N. The van der Waals surface area contributed by atoms with Gasteiger partial charge in [-0.05, 0) is 36.8 Å². The summed E-state index contributed by atoms with van der Waals surface area (Å²) in [5, 5.41) is 9.50. The van der Waals surface area contributed by atoms with Crippen molar-refractivity contribution in [2.75, 3.05) is 0 Å². The molecular weight excluding hydrogens is 206 g/mol. The fraction of sp³-hybridized carbons (Fsp3) is 0.562. The fourth-order valence-corrected chi connectivity index (χ4v) is 3.01. The van der Waals surface area contributed by atoms with Crippen LogP contribution in [0.4, 0.5) is 0 Å². The highest BCUT2D eigenvalue weighted by molar-refractivity contribution is 5.33. The minimum absolute atomic E-state index is 0.106. The molecule has 1 atom stereocenters. The lowest BCUT2D eigenvalue weighted by molar-refractivity contribution is 0.424. The van der Waals surface area contributed by atoms with E-state index >= 15 is 0 Å². The number of nitrogens with zero attached hydrogens (tertiary/aromatic N) is 1. The summed E-state index contributed by atoms with van der Waals surface area (Å²) in [5.74, 6) is 0.679. The molecule has 0 aromatic heterocycles. The van der Waals surface area contributed by atoms with Crippen LogP contribution in [0.2, 0.25) is 0 Å². The molecule has 0 radical (unpaired) electrons. The number of nitriles is 1. The van der Waals surface area contributed by atoms with E-state index in [1.165, 1.54) is 49.7 Å². The topological polar surface area (TPSA) is 23.8 Å². The number of hydrogen-bond acceptors (Lipinski definition) is 1. The van der Waals surface area contributed by atoms with E-state index in [4.69, 9.17) is 0 Å². The van der Waals surface area contributed by atoms with Gasteiger partial charge in [-0.15, -0.1) is 0 Å². The molecule has 1 heteroatoms. The number of aryl methyl sites for hydroxylation is 1. The molecule has 0 amide bonds. The Labute approximate surface area is 104 Å². The Morgan fingerprint density at radius 1 is 1.12 bits per heavy atom. The van der Waals surface area contributed by atoms with Gasteiger partial charge in [-0.2, -0.15) is 5.26 Å². The van der Waals surface area contributed by atoms with Crippen LogP contribution in [0.1, 0.15) is 55.6 Å². The van der Waals surface area contributed by atoms with Gasteiger partial charge in [-0.3, -0.25) is 0 Å². The third-order valence-corrected chi connectivity index (χ3v) is 4.03. The van der Waals surface area contributed by atoms with Gasteiger partial charge in [0.25, 0.3) is 0 Å². The SMILES string of the molecule is Cc1ccccc1C(C#N)C1CCCCCC1. The van der Waals surface area contributed by atoms with E-state index in [-0.39, 0.29) is 5.92 Å². The van der Waals surface area contributed by atoms with E-state index in [1.54, 1.807) is 0 Å². The lowest BCUT2D eigenvalue weighted by Crippen LogP contribution is -2.12. The van der Waals surface area contributed by atoms with Crippen molar-refractivity contribution in [3.8, 4) is 6.07 Å². The zero-order valence-electron chi connectivity index (χ0n) is 10.7. The van der Waals surface area contributed by atoms with Crippen molar-refractivity contribution in [2.24, 2.45) is 5.92 Å². The number of benzene rings is 1. The molecule has 90 valence electrons. The summed E-state index contributed by atoms with van der Waals surface area (Å²) >= 11 is 0. The third-order valence-electron chi connectivity index (χ3n) is 4.03. The van der Waals surface area contributed by atoms with Crippen molar-refractivity contribution in [2.45, 2.75) is 51.4 Å². The maximum Gasteiger partial charge on any atom is 0.0743 e. The van der Waals surface area contributed by atoms with Crippen molar-refractivity contribution < 1.29 is 0 Å². The van der Waals surface area contributed by atoms with Gasteiger partial charge in [0, 0.05) is 0 Å². The molecule has 0 aliphatic heterocycles. The molecule has 1 saturated carbocycles. The summed E-state index contributed by atoms with van der Waals surface area (Å²) in [6.45, 7) is 2.12. The highest BCUT2D eigenvalue weighted by Gasteiger charge is 2.24. The Kier molecular flexibility index (Phi) is 4.20. The average Bonchev–Trinajstić information content (AvgIpc) is 2.62. The van der Waals surface area contributed by atoms with Gasteiger partial charge in [0.2, 0.25) is 0 Å². The molecule has 1 aromatic rings. The summed E-state index contributed by atoms with van der Waals surface area (Å²) < 4.78 is 0. The molecule has 0 spiro atoms. The minimum Gasteiger partial charge on any atom is -0.198 e. The van der Waals surface area contributed by atoms with Crippen LogP contribution < -0.4 is 0 Å². The van der Waals surface area contributed by atoms with Crippen molar-refractivity contribution in [1.82, 2.24) is 0 Å². The molecule has 2 rings (SSSR count). The molecule has 0 bridgehead atoms. The van der Waals surface area contributed by atoms with Crippen molar-refractivity contribution >= 4 is 0 Å². The molecule has 1 nitrogen and oxygen atoms in total. The van der Waals surface area contributed by atoms with E-state index in [0.717, 1.165) is 0 Å². The van der Waals surface area contributed by atoms with Gasteiger partial charge >= 0.3 is 0 Å². The molecule has 1 aliphatic rings. The van der Waals surface area contributed by atoms with Gasteiger partial charge in [0.05, 0.1) is 12.0 Å². The molecule has 0 heterocycles. The minimum atomic E-state index is 0.106. The molecule has 17 heavy (non-hydrogen) atoms. The lowest BCUT2D eigenvalue weighted by atomic mass is 9.81. The van der Waals surface area contributed by atoms with Gasteiger partial charge < -0.3 is 0 Å². The largest absolute Gasteiger partial charge is 0.198 e. The smallest absolute Gasteiger partial charge is 0.0743 e. The predicted octanol–water partition coefficient (Wildman–Crippen LogP) is 4.57. The Bertz CT molecular complexity index is 394. The Hall–Kier alpha value is -1.29. The first-order valence-electron chi connectivity index (χ1n) is 6.78. The standard InChI is InChI=1S/C16H21N/c1-13-8-6-7-11-15(13)16(12-17)14-9-4-2-3-5-10-14/h6-8,11,14,16H,2-5,9-10H2,1H3. The van der Waals surface area contributed by atoms with Crippen LogP contribution in [-0.2, 0) is 0 Å². The maximum atomic E-state index is 9.50. The van der Waals surface area contributed by atoms with Gasteiger partial charge in [-0.1, -0.05) is 49.9 Å². The van der Waals surface area contributed by atoms with Gasteiger partial charge in [0.15, 0.2) is 0 Å². The van der Waals surface area contributed by atoms with E-state index in [9.17, 15) is 5.26 Å². The van der Waals surface area contributed by atoms with Crippen molar-refractivity contribution in [1.29, 1.82) is 5.26 Å². The molecule has 1 unspecified atom stereocenters. The predicted molar refractivity (Wildman–Crippen MR) is 70.7 cm³/mol. The highest BCUT2D eigenvalue weighted by Crippen LogP contribution is 2.35. The third kappa shape index (κ3) is 2.88. The Morgan fingerprint density at radius 2 is 1.76 bits per heavy atom. The van der Waals surface area contributed by atoms with Gasteiger partial charge in [-0.25, -0.2) is 0 Å². The van der Waals surface area contributed by atoms with Crippen LogP contribution in [0.15, 0.2) is 24.3 Å². The summed E-state index contributed by atoms with van der Waals surface area (Å²) in [5.41, 5.74) is 2.52. The van der Waals surface area contributed by atoms with Crippen LogP contribution in [0.25, 0.3) is 0 Å². The normalized spacial score (nSPS) is 19.3. The highest BCUT2D eigenvalue weighted by atomic mass is 14.3. The second-order valence-electron chi connectivity index (χ2n) is 5.22. The molecule has 1 fully saturated rings. The Balaban J connectivity index is 2.21. The van der Waals surface area contributed by atoms with Gasteiger partial charge in [0.1, 0.15) is 0 Å². The van der Waals surface area contributed by atoms with Crippen LogP contribution in [0, 0.1) is 24.2 Å². The molecule has 0 saturated heterocycles. The monoisotopic (exact) mass is 227 g/mol. The molecule has 1 aliphatic carbocycles. The van der Waals surface area contributed by atoms with E-state index in [1.807, 2.05) is 0 Å². The second kappa shape index (κ2) is 5.87. The van der Waals surface area contributed by atoms with E-state index < -0.39 is 0 Å². The Morgan fingerprint density at radius 3 is 2.35 bits per heavy atom. The van der Waals surface area contributed by atoms with Crippen molar-refractivity contribution in [3.05, 3.63) is 35.4 Å². The van der Waals surface area contributed by atoms with Crippen LogP contribution in [-0.4, -0.2) is 0 Å². The quantitative estimate of drug-likeness (QED) is 0.679. The summed E-state index contributed by atoms with van der Waals surface area (Å²) in [6.07, 6.45) is 7.76. The summed E-state index contributed by atoms with van der Waals surface area (Å²) in [6, 6.07) is 10.9. The van der Waals surface area contributed by atoms with Crippen LogP contribution >= 0.6 is 0 Å². The number of hydrogen-bond donors (Lipinski definition) is 0. The first kappa shape index (κ1) is 12.2. The second-order valence-corrected chi connectivity index (χ2v) is 5.22. The van der Waals surface area contributed by atoms with E-state index in [0.29, 0.717) is 5.92 Å². The van der Waals surface area contributed by atoms with Crippen LogP contribution in [0.5, 0.6) is 0 Å². The maximum absolute atomic E-state index is 9.50. The molecule has 1 aromatic carbocycles. The fourth-order valence-electron chi connectivity index (χ4n) is 3.01. The van der Waals surface area contributed by atoms with Crippen molar-refractivity contribution in [3.63, 3.8) is 0 Å². The zero-order valence-corrected chi connectivity index (χ0v) is 10.7. The average molecular weight is 227 g/mol. The summed E-state index contributed by atoms with van der Waals surface area (Å²) in [7, 11) is 0. The first-order valence-corrected chi connectivity index (χ1v) is 6.78. The van der Waals surface area contributed by atoms with E-state index in [2.05, 4.69) is 37.3 Å². The van der Waals surface area contributed by atoms with Crippen LogP contribution in [0.3, 0.4) is 0 Å².